The molecule has 0 bridgehead atoms. The van der Waals surface area contributed by atoms with Gasteiger partial charge in [0.1, 0.15) is 0 Å². The smallest absolute Gasteiger partial charge is 0.319 e. The molecule has 0 aliphatic heterocycles. The third-order valence-electron chi connectivity index (χ3n) is 2.52. The highest BCUT2D eigenvalue weighted by atomic mass is 16.3. The normalized spacial score (nSPS) is 11.9. The van der Waals surface area contributed by atoms with Crippen molar-refractivity contribution in [3.05, 3.63) is 42.7 Å². The van der Waals surface area contributed by atoms with E-state index in [0.717, 1.165) is 5.69 Å². The minimum atomic E-state index is -0.348. The fraction of sp³-hybridized carbons (Fsp3) is 0.231. The van der Waals surface area contributed by atoms with Gasteiger partial charge in [-0.05, 0) is 31.2 Å². The number of aliphatic hydroxyl groups excluding tert-OH is 1. The zero-order valence-electron chi connectivity index (χ0n) is 10.6. The average Bonchev–Trinajstić information content (AvgIpc) is 2.92. The van der Waals surface area contributed by atoms with Crippen LogP contribution in [0.4, 0.5) is 10.5 Å². The molecule has 2 amide bonds. The number of nitrogens with one attached hydrogen (secondary N) is 2. The molecule has 100 valence electrons. The quantitative estimate of drug-likeness (QED) is 0.777. The van der Waals surface area contributed by atoms with E-state index in [1.165, 1.54) is 0 Å². The van der Waals surface area contributed by atoms with Crippen LogP contribution in [0.3, 0.4) is 0 Å². The van der Waals surface area contributed by atoms with E-state index in [-0.39, 0.29) is 18.7 Å². The van der Waals surface area contributed by atoms with E-state index in [0.29, 0.717) is 5.69 Å². The number of rotatable bonds is 4. The number of hydrogen-bond acceptors (Lipinski definition) is 3. The van der Waals surface area contributed by atoms with Crippen molar-refractivity contribution in [1.29, 1.82) is 0 Å². The Morgan fingerprint density at radius 2 is 2.32 bits per heavy atom. The lowest BCUT2D eigenvalue weighted by Gasteiger charge is -2.12. The van der Waals surface area contributed by atoms with Crippen molar-refractivity contribution in [2.24, 2.45) is 0 Å². The fourth-order valence-electron chi connectivity index (χ4n) is 1.58. The van der Waals surface area contributed by atoms with Crippen LogP contribution in [0.1, 0.15) is 6.92 Å². The van der Waals surface area contributed by atoms with E-state index >= 15 is 0 Å². The van der Waals surface area contributed by atoms with Crippen LogP contribution in [-0.4, -0.2) is 33.6 Å². The average molecular weight is 260 g/mol. The number of benzene rings is 1. The van der Waals surface area contributed by atoms with Crippen molar-refractivity contribution in [2.75, 3.05) is 11.9 Å². The van der Waals surface area contributed by atoms with Crippen LogP contribution >= 0.6 is 0 Å². The summed E-state index contributed by atoms with van der Waals surface area (Å²) in [6.07, 6.45) is 3.52. The van der Waals surface area contributed by atoms with Gasteiger partial charge in [-0.1, -0.05) is 6.07 Å². The maximum atomic E-state index is 11.6. The Bertz CT molecular complexity index is 539. The van der Waals surface area contributed by atoms with Crippen molar-refractivity contribution in [3.63, 3.8) is 0 Å². The lowest BCUT2D eigenvalue weighted by Crippen LogP contribution is -2.38. The molecule has 1 heterocycles. The molecule has 1 atom stereocenters. The summed E-state index contributed by atoms with van der Waals surface area (Å²) in [5.74, 6) is 0. The molecule has 6 heteroatoms. The first-order valence-corrected chi connectivity index (χ1v) is 5.97. The van der Waals surface area contributed by atoms with Crippen LogP contribution in [0.15, 0.2) is 42.7 Å². The van der Waals surface area contributed by atoms with Crippen molar-refractivity contribution < 1.29 is 9.90 Å². The van der Waals surface area contributed by atoms with E-state index in [1.54, 1.807) is 23.9 Å². The largest absolute Gasteiger partial charge is 0.394 e. The van der Waals surface area contributed by atoms with E-state index < -0.39 is 0 Å². The van der Waals surface area contributed by atoms with Crippen LogP contribution < -0.4 is 10.6 Å². The standard InChI is InChI=1S/C13H16N4O2/c1-10(9-18)15-13(19)16-11-4-2-5-12(8-11)17-7-3-6-14-17/h2-8,10,18H,9H2,1H3,(H2,15,16,19). The van der Waals surface area contributed by atoms with Crippen LogP contribution in [0.25, 0.3) is 5.69 Å². The minimum Gasteiger partial charge on any atom is -0.394 e. The number of aromatic nitrogens is 2. The Labute approximate surface area is 111 Å². The van der Waals surface area contributed by atoms with Gasteiger partial charge in [0.05, 0.1) is 18.3 Å². The lowest BCUT2D eigenvalue weighted by molar-refractivity contribution is 0.229. The molecule has 0 saturated carbocycles. The monoisotopic (exact) mass is 260 g/mol. The SMILES string of the molecule is CC(CO)NC(=O)Nc1cccc(-n2cccn2)c1. The fourth-order valence-corrected chi connectivity index (χ4v) is 1.58. The van der Waals surface area contributed by atoms with Gasteiger partial charge >= 0.3 is 6.03 Å². The number of amides is 2. The molecule has 0 aliphatic carbocycles. The molecule has 0 aliphatic rings. The Morgan fingerprint density at radius 3 is 3.00 bits per heavy atom. The van der Waals surface area contributed by atoms with Crippen LogP contribution in [0, 0.1) is 0 Å². The lowest BCUT2D eigenvalue weighted by atomic mass is 10.3. The topological polar surface area (TPSA) is 79.2 Å². The molecule has 19 heavy (non-hydrogen) atoms. The molecular weight excluding hydrogens is 244 g/mol. The van der Waals surface area contributed by atoms with Gasteiger partial charge in [-0.3, -0.25) is 0 Å². The van der Waals surface area contributed by atoms with Crippen molar-refractivity contribution in [2.45, 2.75) is 13.0 Å². The second-order valence-electron chi connectivity index (χ2n) is 4.18. The molecule has 0 spiro atoms. The molecule has 1 unspecified atom stereocenters. The first-order valence-electron chi connectivity index (χ1n) is 5.97. The molecule has 1 aromatic carbocycles. The molecular formula is C13H16N4O2. The maximum Gasteiger partial charge on any atom is 0.319 e. The van der Waals surface area contributed by atoms with E-state index in [9.17, 15) is 4.79 Å². The first kappa shape index (κ1) is 13.1. The predicted molar refractivity (Wildman–Crippen MR) is 72.3 cm³/mol. The van der Waals surface area contributed by atoms with Gasteiger partial charge in [-0.2, -0.15) is 5.10 Å². The predicted octanol–water partition coefficient (Wildman–Crippen LogP) is 1.37. The summed E-state index contributed by atoms with van der Waals surface area (Å²) in [5.41, 5.74) is 1.52. The van der Waals surface area contributed by atoms with Gasteiger partial charge in [0.15, 0.2) is 0 Å². The highest BCUT2D eigenvalue weighted by Crippen LogP contribution is 2.13. The Morgan fingerprint density at radius 1 is 1.47 bits per heavy atom. The van der Waals surface area contributed by atoms with Crippen molar-refractivity contribution >= 4 is 11.7 Å². The Hall–Kier alpha value is -2.34. The van der Waals surface area contributed by atoms with E-state index in [4.69, 9.17) is 5.11 Å². The Balaban J connectivity index is 2.05. The third-order valence-corrected chi connectivity index (χ3v) is 2.52. The molecule has 2 rings (SSSR count). The minimum absolute atomic E-state index is 0.0965. The summed E-state index contributed by atoms with van der Waals surface area (Å²) in [6.45, 7) is 1.63. The molecule has 2 aromatic rings. The van der Waals surface area contributed by atoms with Crippen LogP contribution in [0.2, 0.25) is 0 Å². The van der Waals surface area contributed by atoms with E-state index in [2.05, 4.69) is 15.7 Å². The number of carbonyl (C=O) groups excluding carboxylic acids is 1. The van der Waals surface area contributed by atoms with Gasteiger partial charge in [0.25, 0.3) is 0 Å². The van der Waals surface area contributed by atoms with Gasteiger partial charge in [-0.25, -0.2) is 9.48 Å². The molecule has 0 radical (unpaired) electrons. The second kappa shape index (κ2) is 6.01. The zero-order valence-corrected chi connectivity index (χ0v) is 10.6. The van der Waals surface area contributed by atoms with Gasteiger partial charge in [-0.15, -0.1) is 0 Å². The summed E-state index contributed by atoms with van der Waals surface area (Å²) in [5, 5.41) is 18.3. The molecule has 3 N–H and O–H groups in total. The first-order chi connectivity index (χ1) is 9.19. The number of anilines is 1. The molecule has 0 fully saturated rings. The summed E-state index contributed by atoms with van der Waals surface area (Å²) >= 11 is 0. The van der Waals surface area contributed by atoms with Gasteiger partial charge in [0, 0.05) is 18.1 Å². The molecule has 1 aromatic heterocycles. The summed E-state index contributed by atoms with van der Waals surface area (Å²) < 4.78 is 1.71. The van der Waals surface area contributed by atoms with Crippen LogP contribution in [0.5, 0.6) is 0 Å². The number of carbonyl (C=O) groups is 1. The van der Waals surface area contributed by atoms with Gasteiger partial charge in [0.2, 0.25) is 0 Å². The number of hydrogen-bond donors (Lipinski definition) is 3. The number of aliphatic hydroxyl groups is 1. The summed E-state index contributed by atoms with van der Waals surface area (Å²) in [4.78, 5) is 11.6. The summed E-state index contributed by atoms with van der Waals surface area (Å²) in [7, 11) is 0. The van der Waals surface area contributed by atoms with E-state index in [1.807, 2.05) is 30.5 Å². The Kier molecular flexibility index (Phi) is 4.15. The van der Waals surface area contributed by atoms with Gasteiger partial charge < -0.3 is 15.7 Å². The van der Waals surface area contributed by atoms with Crippen LogP contribution in [-0.2, 0) is 0 Å². The number of urea groups is 1. The highest BCUT2D eigenvalue weighted by Gasteiger charge is 2.06. The molecule has 6 nitrogen and oxygen atoms in total. The third kappa shape index (κ3) is 3.56. The maximum absolute atomic E-state index is 11.6. The molecule has 0 saturated heterocycles. The van der Waals surface area contributed by atoms with Crippen molar-refractivity contribution in [3.8, 4) is 5.69 Å². The number of nitrogens with zero attached hydrogens (tertiary/aromatic N) is 2. The summed E-state index contributed by atoms with van der Waals surface area (Å²) in [6, 6.07) is 8.53. The second-order valence-corrected chi connectivity index (χ2v) is 4.18. The zero-order chi connectivity index (χ0) is 13.7. The highest BCUT2D eigenvalue weighted by molar-refractivity contribution is 5.89. The van der Waals surface area contributed by atoms with Crippen molar-refractivity contribution in [1.82, 2.24) is 15.1 Å².